The van der Waals surface area contributed by atoms with Gasteiger partial charge in [-0.1, -0.05) is 6.07 Å². The summed E-state index contributed by atoms with van der Waals surface area (Å²) in [6, 6.07) is 5.60. The summed E-state index contributed by atoms with van der Waals surface area (Å²) >= 11 is 3.37. The summed E-state index contributed by atoms with van der Waals surface area (Å²) in [4.78, 5) is 0. The summed E-state index contributed by atoms with van der Waals surface area (Å²) in [6.45, 7) is 0.733. The zero-order valence-electron chi connectivity index (χ0n) is 8.29. The summed E-state index contributed by atoms with van der Waals surface area (Å²) in [5.41, 5.74) is 6.16. The van der Waals surface area contributed by atoms with E-state index in [1.807, 2.05) is 18.2 Å². The third kappa shape index (κ3) is 2.50. The molecule has 0 spiro atoms. The first kappa shape index (κ1) is 10.5. The van der Waals surface area contributed by atoms with Gasteiger partial charge in [0.25, 0.3) is 0 Å². The van der Waals surface area contributed by atoms with E-state index in [2.05, 4.69) is 15.9 Å². The summed E-state index contributed by atoms with van der Waals surface area (Å²) < 4.78 is 6.46. The van der Waals surface area contributed by atoms with Gasteiger partial charge in [-0.2, -0.15) is 0 Å². The molecule has 0 amide bonds. The summed E-state index contributed by atoms with van der Waals surface area (Å²) in [5.74, 6) is 1.43. The van der Waals surface area contributed by atoms with Gasteiger partial charge in [-0.3, -0.25) is 5.41 Å². The van der Waals surface area contributed by atoms with Crippen molar-refractivity contribution in [1.82, 2.24) is 0 Å². The van der Waals surface area contributed by atoms with Crippen LogP contribution >= 0.6 is 15.9 Å². The van der Waals surface area contributed by atoms with Gasteiger partial charge in [0.2, 0.25) is 0 Å². The smallest absolute Gasteiger partial charge is 0.131 e. The van der Waals surface area contributed by atoms with Crippen molar-refractivity contribution in [1.29, 1.82) is 5.41 Å². The summed E-state index contributed by atoms with van der Waals surface area (Å²) in [7, 11) is 0. The molecule has 0 atom stereocenters. The van der Waals surface area contributed by atoms with E-state index >= 15 is 0 Å². The van der Waals surface area contributed by atoms with E-state index in [0.717, 1.165) is 11.1 Å². The van der Waals surface area contributed by atoms with Gasteiger partial charge in [-0.05, 0) is 46.8 Å². The highest BCUT2D eigenvalue weighted by atomic mass is 79.9. The standard InChI is InChI=1S/C11H13BrN2O/c12-8-2-1-3-9(10(8)11(13)14)15-6-7-4-5-7/h1-3,7H,4-6H2,(H3,13,14). The first-order chi connectivity index (χ1) is 7.18. The Morgan fingerprint density at radius 1 is 1.53 bits per heavy atom. The van der Waals surface area contributed by atoms with E-state index in [1.54, 1.807) is 0 Å². The average Bonchev–Trinajstić information content (AvgIpc) is 2.97. The molecule has 0 aromatic heterocycles. The van der Waals surface area contributed by atoms with Crippen LogP contribution in [0.1, 0.15) is 18.4 Å². The largest absolute Gasteiger partial charge is 0.492 e. The Bertz CT molecular complexity index is 388. The summed E-state index contributed by atoms with van der Waals surface area (Å²) in [6.07, 6.45) is 2.51. The van der Waals surface area contributed by atoms with Crippen LogP contribution in [0.5, 0.6) is 5.75 Å². The minimum Gasteiger partial charge on any atom is -0.492 e. The van der Waals surface area contributed by atoms with Crippen molar-refractivity contribution in [2.75, 3.05) is 6.61 Å². The molecule has 0 bridgehead atoms. The lowest BCUT2D eigenvalue weighted by Crippen LogP contribution is -2.14. The highest BCUT2D eigenvalue weighted by molar-refractivity contribution is 9.10. The average molecular weight is 269 g/mol. The second kappa shape index (κ2) is 4.23. The maximum Gasteiger partial charge on any atom is 0.131 e. The molecule has 1 aliphatic rings. The van der Waals surface area contributed by atoms with Gasteiger partial charge in [0.05, 0.1) is 12.2 Å². The molecule has 1 aromatic rings. The van der Waals surface area contributed by atoms with E-state index in [-0.39, 0.29) is 5.84 Å². The molecule has 15 heavy (non-hydrogen) atoms. The molecule has 1 aromatic carbocycles. The minimum atomic E-state index is 0.0354. The number of hydrogen-bond donors (Lipinski definition) is 2. The van der Waals surface area contributed by atoms with Gasteiger partial charge in [0.15, 0.2) is 0 Å². The number of halogens is 1. The van der Waals surface area contributed by atoms with Crippen LogP contribution in [0.25, 0.3) is 0 Å². The van der Waals surface area contributed by atoms with Crippen molar-refractivity contribution in [3.8, 4) is 5.75 Å². The second-order valence-electron chi connectivity index (χ2n) is 3.78. The van der Waals surface area contributed by atoms with E-state index < -0.39 is 0 Å². The molecule has 2 rings (SSSR count). The number of benzene rings is 1. The first-order valence-electron chi connectivity index (χ1n) is 4.94. The third-order valence-corrected chi connectivity index (χ3v) is 3.08. The van der Waals surface area contributed by atoms with Crippen LogP contribution < -0.4 is 10.5 Å². The normalized spacial score (nSPS) is 15.0. The molecule has 3 N–H and O–H groups in total. The van der Waals surface area contributed by atoms with Crippen LogP contribution in [0, 0.1) is 11.3 Å². The number of nitrogens with one attached hydrogen (secondary N) is 1. The zero-order chi connectivity index (χ0) is 10.8. The lowest BCUT2D eigenvalue weighted by molar-refractivity contribution is 0.299. The maximum atomic E-state index is 7.49. The van der Waals surface area contributed by atoms with Crippen LogP contribution in [0.15, 0.2) is 22.7 Å². The number of nitrogen functional groups attached to an aromatic ring is 1. The fourth-order valence-electron chi connectivity index (χ4n) is 1.38. The molecule has 3 nitrogen and oxygen atoms in total. The van der Waals surface area contributed by atoms with Crippen molar-refractivity contribution >= 4 is 21.8 Å². The van der Waals surface area contributed by atoms with E-state index in [9.17, 15) is 0 Å². The minimum absolute atomic E-state index is 0.0354. The third-order valence-electron chi connectivity index (χ3n) is 2.42. The fourth-order valence-corrected chi connectivity index (χ4v) is 1.94. The quantitative estimate of drug-likeness (QED) is 0.651. The van der Waals surface area contributed by atoms with E-state index in [0.29, 0.717) is 17.2 Å². The van der Waals surface area contributed by atoms with Crippen molar-refractivity contribution < 1.29 is 4.74 Å². The van der Waals surface area contributed by atoms with Crippen LogP contribution in [0.3, 0.4) is 0 Å². The second-order valence-corrected chi connectivity index (χ2v) is 4.64. The Morgan fingerprint density at radius 2 is 2.27 bits per heavy atom. The molecule has 80 valence electrons. The molecule has 0 unspecified atom stereocenters. The zero-order valence-corrected chi connectivity index (χ0v) is 9.88. The van der Waals surface area contributed by atoms with Crippen LogP contribution in [-0.4, -0.2) is 12.4 Å². The van der Waals surface area contributed by atoms with Gasteiger partial charge < -0.3 is 10.5 Å². The molecule has 0 radical (unpaired) electrons. The fraction of sp³-hybridized carbons (Fsp3) is 0.364. The van der Waals surface area contributed by atoms with Gasteiger partial charge in [0.1, 0.15) is 11.6 Å². The number of nitrogens with two attached hydrogens (primary N) is 1. The first-order valence-corrected chi connectivity index (χ1v) is 5.73. The number of ether oxygens (including phenoxy) is 1. The van der Waals surface area contributed by atoms with Crippen molar-refractivity contribution in [3.05, 3.63) is 28.2 Å². The van der Waals surface area contributed by atoms with Crippen molar-refractivity contribution in [2.45, 2.75) is 12.8 Å². The molecule has 1 fully saturated rings. The number of hydrogen-bond acceptors (Lipinski definition) is 2. The monoisotopic (exact) mass is 268 g/mol. The van der Waals surface area contributed by atoms with E-state index in [4.69, 9.17) is 15.9 Å². The predicted octanol–water partition coefficient (Wildman–Crippen LogP) is 2.52. The Kier molecular flexibility index (Phi) is 2.95. The van der Waals surface area contributed by atoms with Crippen LogP contribution in [-0.2, 0) is 0 Å². The van der Waals surface area contributed by atoms with E-state index in [1.165, 1.54) is 12.8 Å². The Balaban J connectivity index is 2.19. The van der Waals surface area contributed by atoms with Crippen LogP contribution in [0.4, 0.5) is 0 Å². The number of rotatable bonds is 4. The SMILES string of the molecule is N=C(N)c1c(Br)cccc1OCC1CC1. The van der Waals surface area contributed by atoms with Gasteiger partial charge >= 0.3 is 0 Å². The highest BCUT2D eigenvalue weighted by Crippen LogP contribution is 2.32. The molecular formula is C11H13BrN2O. The molecule has 0 saturated heterocycles. The molecular weight excluding hydrogens is 256 g/mol. The van der Waals surface area contributed by atoms with Crippen molar-refractivity contribution in [2.24, 2.45) is 11.7 Å². The van der Waals surface area contributed by atoms with Crippen LogP contribution in [0.2, 0.25) is 0 Å². The number of amidine groups is 1. The summed E-state index contributed by atoms with van der Waals surface area (Å²) in [5, 5.41) is 7.49. The Morgan fingerprint density at radius 3 is 2.87 bits per heavy atom. The molecule has 4 heteroatoms. The van der Waals surface area contributed by atoms with Crippen molar-refractivity contribution in [3.63, 3.8) is 0 Å². The van der Waals surface area contributed by atoms with Gasteiger partial charge in [0, 0.05) is 4.47 Å². The highest BCUT2D eigenvalue weighted by Gasteiger charge is 2.22. The predicted molar refractivity (Wildman–Crippen MR) is 63.4 cm³/mol. The molecule has 1 aliphatic carbocycles. The van der Waals surface area contributed by atoms with Gasteiger partial charge in [-0.15, -0.1) is 0 Å². The lowest BCUT2D eigenvalue weighted by Gasteiger charge is -2.11. The molecule has 0 aliphatic heterocycles. The van der Waals surface area contributed by atoms with Gasteiger partial charge in [-0.25, -0.2) is 0 Å². The maximum absolute atomic E-state index is 7.49. The Labute approximate surface area is 97.3 Å². The molecule has 1 saturated carbocycles. The topological polar surface area (TPSA) is 59.1 Å². The molecule has 0 heterocycles. The lowest BCUT2D eigenvalue weighted by atomic mass is 10.2. The Hall–Kier alpha value is -1.03.